The number of amides is 2. The number of halogens is 1. The highest BCUT2D eigenvalue weighted by atomic mass is 35.5. The van der Waals surface area contributed by atoms with Gasteiger partial charge in [-0.3, -0.25) is 9.59 Å². The van der Waals surface area contributed by atoms with Crippen molar-refractivity contribution in [2.45, 2.75) is 13.3 Å². The van der Waals surface area contributed by atoms with Gasteiger partial charge in [0.05, 0.1) is 17.1 Å². The van der Waals surface area contributed by atoms with Crippen LogP contribution in [0.5, 0.6) is 0 Å². The number of hydrogen-bond donors (Lipinski definition) is 2. The Morgan fingerprint density at radius 1 is 1.60 bits per heavy atom. The summed E-state index contributed by atoms with van der Waals surface area (Å²) in [5.41, 5.74) is 0.368. The molecule has 1 aliphatic rings. The quantitative estimate of drug-likeness (QED) is 0.877. The Labute approximate surface area is 122 Å². The van der Waals surface area contributed by atoms with E-state index in [4.69, 9.17) is 11.6 Å². The first-order valence-electron chi connectivity index (χ1n) is 6.57. The molecule has 1 fully saturated rings. The Bertz CT molecular complexity index is 521. The number of hydrogen-bond acceptors (Lipinski definition) is 4. The Balaban J connectivity index is 2.22. The van der Waals surface area contributed by atoms with Crippen LogP contribution in [0.1, 0.15) is 23.7 Å². The number of anilines is 1. The molecule has 7 heteroatoms. The number of nitrogens with zero attached hydrogens (tertiary/aromatic N) is 2. The standard InChI is InChI=1S/C13H17ClN4O2/c1-2-15-11-6-9(10(14)7-17-11)13(20)18-5-3-4-16-12(19)8-18/h6-7H,2-5,8H2,1H3,(H,15,17)(H,16,19). The molecular weight excluding hydrogens is 280 g/mol. The SMILES string of the molecule is CCNc1cc(C(=O)N2CCCNC(=O)C2)c(Cl)cn1. The van der Waals surface area contributed by atoms with Crippen molar-refractivity contribution in [2.24, 2.45) is 0 Å². The van der Waals surface area contributed by atoms with E-state index in [1.54, 1.807) is 6.07 Å². The summed E-state index contributed by atoms with van der Waals surface area (Å²) < 4.78 is 0. The Kier molecular flexibility index (Phi) is 4.79. The first-order chi connectivity index (χ1) is 9.61. The summed E-state index contributed by atoms with van der Waals surface area (Å²) in [6.45, 7) is 3.83. The zero-order valence-corrected chi connectivity index (χ0v) is 12.0. The highest BCUT2D eigenvalue weighted by Crippen LogP contribution is 2.20. The molecule has 2 amide bonds. The van der Waals surface area contributed by atoms with Crippen LogP contribution in [-0.4, -0.2) is 47.9 Å². The topological polar surface area (TPSA) is 74.3 Å². The molecule has 1 saturated heterocycles. The molecule has 0 aliphatic carbocycles. The summed E-state index contributed by atoms with van der Waals surface area (Å²) in [5.74, 6) is 0.209. The molecule has 1 aromatic heterocycles. The van der Waals surface area contributed by atoms with Gasteiger partial charge in [0.25, 0.3) is 5.91 Å². The molecule has 20 heavy (non-hydrogen) atoms. The minimum atomic E-state index is -0.242. The maximum absolute atomic E-state index is 12.5. The van der Waals surface area contributed by atoms with Crippen LogP contribution in [0.4, 0.5) is 5.82 Å². The van der Waals surface area contributed by atoms with E-state index < -0.39 is 0 Å². The molecule has 108 valence electrons. The fourth-order valence-corrected chi connectivity index (χ4v) is 2.21. The van der Waals surface area contributed by atoms with E-state index in [0.29, 0.717) is 36.0 Å². The molecule has 1 aromatic rings. The molecule has 0 radical (unpaired) electrons. The molecule has 2 heterocycles. The summed E-state index contributed by atoms with van der Waals surface area (Å²) in [6, 6.07) is 1.62. The molecule has 2 rings (SSSR count). The Hall–Kier alpha value is -1.82. The second-order valence-electron chi connectivity index (χ2n) is 4.51. The number of nitrogens with one attached hydrogen (secondary N) is 2. The van der Waals surface area contributed by atoms with Gasteiger partial charge in [-0.25, -0.2) is 4.98 Å². The molecule has 2 N–H and O–H groups in total. The van der Waals surface area contributed by atoms with E-state index in [1.807, 2.05) is 6.92 Å². The van der Waals surface area contributed by atoms with Gasteiger partial charge < -0.3 is 15.5 Å². The fraction of sp³-hybridized carbons (Fsp3) is 0.462. The second-order valence-corrected chi connectivity index (χ2v) is 4.92. The number of carbonyl (C=O) groups excluding carboxylic acids is 2. The normalized spacial score (nSPS) is 15.5. The molecule has 0 spiro atoms. The van der Waals surface area contributed by atoms with Crippen LogP contribution in [-0.2, 0) is 4.79 Å². The van der Waals surface area contributed by atoms with Gasteiger partial charge in [0.15, 0.2) is 0 Å². The maximum Gasteiger partial charge on any atom is 0.256 e. The van der Waals surface area contributed by atoms with Crippen LogP contribution in [0.15, 0.2) is 12.3 Å². The van der Waals surface area contributed by atoms with Crippen LogP contribution in [0.25, 0.3) is 0 Å². The van der Waals surface area contributed by atoms with E-state index >= 15 is 0 Å². The van der Waals surface area contributed by atoms with Gasteiger partial charge in [-0.1, -0.05) is 11.6 Å². The number of carbonyl (C=O) groups is 2. The summed E-state index contributed by atoms with van der Waals surface area (Å²) in [6.07, 6.45) is 2.19. The van der Waals surface area contributed by atoms with Crippen LogP contribution in [0.3, 0.4) is 0 Å². The van der Waals surface area contributed by atoms with E-state index in [-0.39, 0.29) is 18.4 Å². The van der Waals surface area contributed by atoms with Gasteiger partial charge in [-0.2, -0.15) is 0 Å². The third-order valence-corrected chi connectivity index (χ3v) is 3.29. The first-order valence-corrected chi connectivity index (χ1v) is 6.95. The number of aromatic nitrogens is 1. The fourth-order valence-electron chi connectivity index (χ4n) is 2.03. The van der Waals surface area contributed by atoms with Crippen LogP contribution in [0, 0.1) is 0 Å². The largest absolute Gasteiger partial charge is 0.370 e. The van der Waals surface area contributed by atoms with Crippen molar-refractivity contribution < 1.29 is 9.59 Å². The van der Waals surface area contributed by atoms with E-state index in [0.717, 1.165) is 6.42 Å². The van der Waals surface area contributed by atoms with Crippen molar-refractivity contribution in [2.75, 3.05) is 31.5 Å². The van der Waals surface area contributed by atoms with Gasteiger partial charge in [0.1, 0.15) is 5.82 Å². The number of rotatable bonds is 3. The maximum atomic E-state index is 12.5. The van der Waals surface area contributed by atoms with Crippen molar-refractivity contribution in [1.82, 2.24) is 15.2 Å². The Morgan fingerprint density at radius 3 is 3.15 bits per heavy atom. The van der Waals surface area contributed by atoms with Gasteiger partial charge in [-0.05, 0) is 19.4 Å². The highest BCUT2D eigenvalue weighted by molar-refractivity contribution is 6.33. The zero-order chi connectivity index (χ0) is 14.5. The molecule has 0 aromatic carbocycles. The molecular formula is C13H17ClN4O2. The lowest BCUT2D eigenvalue weighted by Gasteiger charge is -2.20. The van der Waals surface area contributed by atoms with Crippen LogP contribution < -0.4 is 10.6 Å². The van der Waals surface area contributed by atoms with E-state index in [9.17, 15) is 9.59 Å². The first kappa shape index (κ1) is 14.6. The third-order valence-electron chi connectivity index (χ3n) is 2.99. The van der Waals surface area contributed by atoms with E-state index in [1.165, 1.54) is 11.1 Å². The summed E-state index contributed by atoms with van der Waals surface area (Å²) in [5, 5.41) is 6.06. The monoisotopic (exact) mass is 296 g/mol. The van der Waals surface area contributed by atoms with Crippen molar-refractivity contribution in [3.63, 3.8) is 0 Å². The average Bonchev–Trinajstić information content (AvgIpc) is 2.65. The lowest BCUT2D eigenvalue weighted by molar-refractivity contribution is -0.121. The van der Waals surface area contributed by atoms with Gasteiger partial charge >= 0.3 is 0 Å². The lowest BCUT2D eigenvalue weighted by Crippen LogP contribution is -2.37. The summed E-state index contributed by atoms with van der Waals surface area (Å²) in [4.78, 5) is 29.6. The zero-order valence-electron chi connectivity index (χ0n) is 11.3. The molecule has 0 unspecified atom stereocenters. The van der Waals surface area contributed by atoms with Gasteiger partial charge in [-0.15, -0.1) is 0 Å². The highest BCUT2D eigenvalue weighted by Gasteiger charge is 2.23. The minimum Gasteiger partial charge on any atom is -0.370 e. The molecule has 0 atom stereocenters. The second kappa shape index (κ2) is 6.56. The van der Waals surface area contributed by atoms with Crippen LogP contribution >= 0.6 is 11.6 Å². The summed E-state index contributed by atoms with van der Waals surface area (Å²) >= 11 is 6.05. The van der Waals surface area contributed by atoms with Crippen molar-refractivity contribution in [1.29, 1.82) is 0 Å². The smallest absolute Gasteiger partial charge is 0.256 e. The Morgan fingerprint density at radius 2 is 2.40 bits per heavy atom. The van der Waals surface area contributed by atoms with Crippen LogP contribution in [0.2, 0.25) is 5.02 Å². The molecule has 6 nitrogen and oxygen atoms in total. The molecule has 1 aliphatic heterocycles. The van der Waals surface area contributed by atoms with Crippen molar-refractivity contribution >= 4 is 29.2 Å². The predicted octanol–water partition coefficient (Wildman–Crippen LogP) is 1.13. The predicted molar refractivity (Wildman–Crippen MR) is 76.9 cm³/mol. The van der Waals surface area contributed by atoms with Crippen molar-refractivity contribution in [3.05, 3.63) is 22.8 Å². The summed E-state index contributed by atoms with van der Waals surface area (Å²) in [7, 11) is 0. The van der Waals surface area contributed by atoms with Gasteiger partial charge in [0.2, 0.25) is 5.91 Å². The molecule has 0 saturated carbocycles. The van der Waals surface area contributed by atoms with Crippen molar-refractivity contribution in [3.8, 4) is 0 Å². The number of pyridine rings is 1. The molecule has 0 bridgehead atoms. The van der Waals surface area contributed by atoms with E-state index in [2.05, 4.69) is 15.6 Å². The van der Waals surface area contributed by atoms with Gasteiger partial charge in [0, 0.05) is 25.8 Å². The lowest BCUT2D eigenvalue weighted by atomic mass is 10.2. The third kappa shape index (κ3) is 3.39. The minimum absolute atomic E-state index is 0.0635. The average molecular weight is 297 g/mol.